The molecule has 0 atom stereocenters. The normalized spacial score (nSPS) is 15.3. The number of nitrogens with zero attached hydrogens (tertiary/aromatic N) is 2. The highest BCUT2D eigenvalue weighted by molar-refractivity contribution is 7.07. The summed E-state index contributed by atoms with van der Waals surface area (Å²) in [6, 6.07) is 8.08. The zero-order valence-corrected chi connectivity index (χ0v) is 15.0. The molecule has 6 heteroatoms. The second-order valence-corrected chi connectivity index (χ2v) is 7.01. The van der Waals surface area contributed by atoms with Crippen LogP contribution in [0.5, 0.6) is 0 Å². The topological polar surface area (TPSA) is 47.6 Å². The molecule has 0 spiro atoms. The van der Waals surface area contributed by atoms with Crippen molar-refractivity contribution < 1.29 is 4.79 Å². The third-order valence-electron chi connectivity index (χ3n) is 4.36. The second-order valence-electron chi connectivity index (χ2n) is 6.23. The molecule has 1 aliphatic rings. The highest BCUT2D eigenvalue weighted by atomic mass is 32.1. The van der Waals surface area contributed by atoms with Gasteiger partial charge in [-0.1, -0.05) is 0 Å². The zero-order chi connectivity index (χ0) is 16.9. The molecule has 1 saturated heterocycles. The Bertz CT molecular complexity index is 678. The summed E-state index contributed by atoms with van der Waals surface area (Å²) in [6.45, 7) is 6.85. The van der Waals surface area contributed by atoms with E-state index in [0.717, 1.165) is 43.0 Å². The first-order valence-corrected chi connectivity index (χ1v) is 9.16. The maximum atomic E-state index is 12.0. The first kappa shape index (κ1) is 16.8. The number of hydrogen-bond acceptors (Lipinski definition) is 4. The van der Waals surface area contributed by atoms with E-state index in [9.17, 15) is 4.79 Å². The van der Waals surface area contributed by atoms with Crippen molar-refractivity contribution in [3.05, 3.63) is 46.2 Å². The molecule has 0 unspecified atom stereocenters. The molecule has 0 radical (unpaired) electrons. The number of piperazine rings is 1. The van der Waals surface area contributed by atoms with E-state index in [-0.39, 0.29) is 6.03 Å². The monoisotopic (exact) mass is 344 g/mol. The van der Waals surface area contributed by atoms with E-state index in [1.54, 1.807) is 11.3 Å². The van der Waals surface area contributed by atoms with Gasteiger partial charge in [0.05, 0.1) is 0 Å². The van der Waals surface area contributed by atoms with E-state index in [2.05, 4.69) is 39.6 Å². The number of carbonyl (C=O) groups is 1. The number of amides is 2. The van der Waals surface area contributed by atoms with Crippen molar-refractivity contribution in [2.75, 3.05) is 43.4 Å². The first-order valence-electron chi connectivity index (χ1n) is 8.22. The molecular formula is C18H24N4OS. The number of carbonyl (C=O) groups excluding carboxylic acids is 1. The molecule has 24 heavy (non-hydrogen) atoms. The van der Waals surface area contributed by atoms with Crippen molar-refractivity contribution in [2.24, 2.45) is 0 Å². The van der Waals surface area contributed by atoms with Crippen LogP contribution < -0.4 is 15.5 Å². The Balaban J connectivity index is 1.57. The summed E-state index contributed by atoms with van der Waals surface area (Å²) >= 11 is 1.63. The van der Waals surface area contributed by atoms with Gasteiger partial charge in [0, 0.05) is 44.1 Å². The van der Waals surface area contributed by atoms with Gasteiger partial charge >= 0.3 is 6.03 Å². The van der Waals surface area contributed by atoms with Crippen LogP contribution in [0.4, 0.5) is 16.2 Å². The number of aryl methyl sites for hydroxylation is 1. The van der Waals surface area contributed by atoms with Crippen LogP contribution in [-0.2, 0) is 6.54 Å². The van der Waals surface area contributed by atoms with Crippen LogP contribution in [0.25, 0.3) is 0 Å². The Labute approximate surface area is 147 Å². The van der Waals surface area contributed by atoms with E-state index in [1.807, 2.05) is 29.8 Å². The molecule has 1 aliphatic heterocycles. The summed E-state index contributed by atoms with van der Waals surface area (Å²) in [5, 5.41) is 9.87. The number of thiophene rings is 1. The van der Waals surface area contributed by atoms with Crippen molar-refractivity contribution in [3.8, 4) is 0 Å². The fraction of sp³-hybridized carbons (Fsp3) is 0.389. The molecule has 2 N–H and O–H groups in total. The number of likely N-dealkylation sites (N-methyl/N-ethyl adjacent to an activating group) is 1. The lowest BCUT2D eigenvalue weighted by molar-refractivity contribution is 0.251. The average molecular weight is 344 g/mol. The minimum Gasteiger partial charge on any atom is -0.369 e. The van der Waals surface area contributed by atoms with Gasteiger partial charge in [-0.2, -0.15) is 11.3 Å². The van der Waals surface area contributed by atoms with Gasteiger partial charge in [0.15, 0.2) is 0 Å². The Morgan fingerprint density at radius 2 is 2.00 bits per heavy atom. The fourth-order valence-electron chi connectivity index (χ4n) is 2.79. The number of anilines is 2. The maximum absolute atomic E-state index is 12.0. The molecule has 128 valence electrons. The Morgan fingerprint density at radius 1 is 1.21 bits per heavy atom. The Morgan fingerprint density at radius 3 is 2.67 bits per heavy atom. The van der Waals surface area contributed by atoms with Gasteiger partial charge in [-0.3, -0.25) is 0 Å². The molecule has 1 aromatic carbocycles. The van der Waals surface area contributed by atoms with E-state index < -0.39 is 0 Å². The van der Waals surface area contributed by atoms with Crippen LogP contribution in [0.3, 0.4) is 0 Å². The van der Waals surface area contributed by atoms with Crippen molar-refractivity contribution in [1.82, 2.24) is 10.2 Å². The molecule has 0 saturated carbocycles. The lowest BCUT2D eigenvalue weighted by atomic mass is 10.1. The van der Waals surface area contributed by atoms with Gasteiger partial charge in [-0.05, 0) is 60.1 Å². The lowest BCUT2D eigenvalue weighted by Crippen LogP contribution is -2.44. The predicted octanol–water partition coefficient (Wildman–Crippen LogP) is 3.13. The highest BCUT2D eigenvalue weighted by Crippen LogP contribution is 2.23. The summed E-state index contributed by atoms with van der Waals surface area (Å²) in [6.07, 6.45) is 0. The van der Waals surface area contributed by atoms with Crippen LogP contribution in [0.15, 0.2) is 35.0 Å². The summed E-state index contributed by atoms with van der Waals surface area (Å²) in [7, 11) is 2.16. The maximum Gasteiger partial charge on any atom is 0.319 e. The minimum absolute atomic E-state index is 0.170. The summed E-state index contributed by atoms with van der Waals surface area (Å²) in [5.41, 5.74) is 4.29. The van der Waals surface area contributed by atoms with Crippen LogP contribution in [0.1, 0.15) is 11.1 Å². The van der Waals surface area contributed by atoms with Gasteiger partial charge in [0.25, 0.3) is 0 Å². The molecule has 2 aromatic rings. The van der Waals surface area contributed by atoms with E-state index >= 15 is 0 Å². The molecular weight excluding hydrogens is 320 g/mol. The summed E-state index contributed by atoms with van der Waals surface area (Å²) in [4.78, 5) is 16.8. The SMILES string of the molecule is Cc1cc(N2CCN(C)CC2)ccc1NC(=O)NCc1ccsc1. The Kier molecular flexibility index (Phi) is 5.37. The molecule has 5 nitrogen and oxygen atoms in total. The van der Waals surface area contributed by atoms with Crippen molar-refractivity contribution in [1.29, 1.82) is 0 Å². The lowest BCUT2D eigenvalue weighted by Gasteiger charge is -2.34. The van der Waals surface area contributed by atoms with Crippen LogP contribution in [0, 0.1) is 6.92 Å². The van der Waals surface area contributed by atoms with E-state index in [0.29, 0.717) is 6.54 Å². The van der Waals surface area contributed by atoms with Crippen LogP contribution in [-0.4, -0.2) is 44.2 Å². The number of rotatable bonds is 4. The van der Waals surface area contributed by atoms with Crippen molar-refractivity contribution in [3.63, 3.8) is 0 Å². The van der Waals surface area contributed by atoms with Gasteiger partial charge in [-0.15, -0.1) is 0 Å². The summed E-state index contributed by atoms with van der Waals surface area (Å²) in [5.74, 6) is 0. The van der Waals surface area contributed by atoms with Crippen molar-refractivity contribution in [2.45, 2.75) is 13.5 Å². The van der Waals surface area contributed by atoms with Crippen LogP contribution >= 0.6 is 11.3 Å². The fourth-order valence-corrected chi connectivity index (χ4v) is 3.46. The summed E-state index contributed by atoms with van der Waals surface area (Å²) < 4.78 is 0. The largest absolute Gasteiger partial charge is 0.369 e. The third-order valence-corrected chi connectivity index (χ3v) is 5.09. The average Bonchev–Trinajstić information content (AvgIpc) is 3.09. The van der Waals surface area contributed by atoms with Crippen molar-refractivity contribution >= 4 is 28.7 Å². The molecule has 0 aliphatic carbocycles. The molecule has 0 bridgehead atoms. The van der Waals surface area contributed by atoms with Crippen LogP contribution in [0.2, 0.25) is 0 Å². The molecule has 2 heterocycles. The predicted molar refractivity (Wildman–Crippen MR) is 101 cm³/mol. The zero-order valence-electron chi connectivity index (χ0n) is 14.2. The minimum atomic E-state index is -0.170. The van der Waals surface area contributed by atoms with Gasteiger partial charge < -0.3 is 20.4 Å². The van der Waals surface area contributed by atoms with Gasteiger partial charge in [-0.25, -0.2) is 4.79 Å². The number of urea groups is 1. The second kappa shape index (κ2) is 7.68. The quantitative estimate of drug-likeness (QED) is 0.896. The van der Waals surface area contributed by atoms with E-state index in [4.69, 9.17) is 0 Å². The third kappa shape index (κ3) is 4.27. The molecule has 1 aromatic heterocycles. The van der Waals surface area contributed by atoms with E-state index in [1.165, 1.54) is 5.69 Å². The number of nitrogens with one attached hydrogen (secondary N) is 2. The highest BCUT2D eigenvalue weighted by Gasteiger charge is 2.15. The number of benzene rings is 1. The number of hydrogen-bond donors (Lipinski definition) is 2. The van der Waals surface area contributed by atoms with Gasteiger partial charge in [0.2, 0.25) is 0 Å². The smallest absolute Gasteiger partial charge is 0.319 e. The molecule has 2 amide bonds. The standard InChI is InChI=1S/C18H24N4OS/c1-14-11-16(22-8-6-21(2)7-9-22)3-4-17(14)20-18(23)19-12-15-5-10-24-13-15/h3-5,10-11,13H,6-9,12H2,1-2H3,(H2,19,20,23). The molecule has 1 fully saturated rings. The molecule has 3 rings (SSSR count). The first-order chi connectivity index (χ1) is 11.6. The Hall–Kier alpha value is -2.05. The van der Waals surface area contributed by atoms with Gasteiger partial charge in [0.1, 0.15) is 0 Å².